The molecule has 2 aromatic rings. The Morgan fingerprint density at radius 2 is 1.77 bits per heavy atom. The molecule has 2 heterocycles. The van der Waals surface area contributed by atoms with Gasteiger partial charge in [-0.05, 0) is 48.2 Å². The van der Waals surface area contributed by atoms with Crippen molar-refractivity contribution in [1.29, 1.82) is 0 Å². The SMILES string of the molecule is COc1ccccc1C(=O)N1Cc2cc(NC(C)=O)ccc2C[C@@H]1C(=O)N1CCCC1. The lowest BCUT2D eigenvalue weighted by atomic mass is 9.92. The molecule has 0 bridgehead atoms. The molecule has 162 valence electrons. The first kappa shape index (κ1) is 20.9. The van der Waals surface area contributed by atoms with E-state index in [0.717, 1.165) is 37.1 Å². The number of carbonyl (C=O) groups is 3. The highest BCUT2D eigenvalue weighted by molar-refractivity contribution is 6.00. The maximum absolute atomic E-state index is 13.6. The van der Waals surface area contributed by atoms with Crippen LogP contribution in [0.4, 0.5) is 5.69 Å². The van der Waals surface area contributed by atoms with E-state index in [1.807, 2.05) is 29.2 Å². The minimum absolute atomic E-state index is 0.00247. The average Bonchev–Trinajstić information content (AvgIpc) is 3.31. The number of anilines is 1. The zero-order valence-corrected chi connectivity index (χ0v) is 17.9. The molecule has 1 fully saturated rings. The molecule has 2 aliphatic heterocycles. The molecule has 7 heteroatoms. The van der Waals surface area contributed by atoms with Crippen molar-refractivity contribution in [3.63, 3.8) is 0 Å². The van der Waals surface area contributed by atoms with Gasteiger partial charge in [-0.1, -0.05) is 18.2 Å². The van der Waals surface area contributed by atoms with Gasteiger partial charge in [0.15, 0.2) is 0 Å². The summed E-state index contributed by atoms with van der Waals surface area (Å²) in [5.41, 5.74) is 3.07. The van der Waals surface area contributed by atoms with Crippen LogP contribution in [-0.4, -0.2) is 53.8 Å². The summed E-state index contributed by atoms with van der Waals surface area (Å²) in [5.74, 6) is 0.0976. The van der Waals surface area contributed by atoms with Gasteiger partial charge < -0.3 is 19.9 Å². The lowest BCUT2D eigenvalue weighted by molar-refractivity contribution is -0.135. The van der Waals surface area contributed by atoms with Crippen molar-refractivity contribution in [2.45, 2.75) is 38.8 Å². The number of para-hydroxylation sites is 1. The lowest BCUT2D eigenvalue weighted by Gasteiger charge is -2.38. The Morgan fingerprint density at radius 1 is 1.03 bits per heavy atom. The Balaban J connectivity index is 1.71. The Bertz CT molecular complexity index is 1010. The number of ether oxygens (including phenoxy) is 1. The van der Waals surface area contributed by atoms with E-state index in [9.17, 15) is 14.4 Å². The number of fused-ring (bicyclic) bond motifs is 1. The molecular formula is C24H27N3O4. The second-order valence-corrected chi connectivity index (χ2v) is 8.05. The van der Waals surface area contributed by atoms with Gasteiger partial charge in [0, 0.05) is 38.7 Å². The third-order valence-corrected chi connectivity index (χ3v) is 5.96. The molecule has 1 saturated heterocycles. The molecule has 0 aliphatic carbocycles. The third-order valence-electron chi connectivity index (χ3n) is 5.96. The smallest absolute Gasteiger partial charge is 0.258 e. The quantitative estimate of drug-likeness (QED) is 0.823. The number of hydrogen-bond donors (Lipinski definition) is 1. The maximum Gasteiger partial charge on any atom is 0.258 e. The van der Waals surface area contributed by atoms with Crippen LogP contribution in [0.2, 0.25) is 0 Å². The summed E-state index contributed by atoms with van der Waals surface area (Å²) in [6.07, 6.45) is 2.44. The van der Waals surface area contributed by atoms with Crippen LogP contribution in [0, 0.1) is 0 Å². The van der Waals surface area contributed by atoms with E-state index in [-0.39, 0.29) is 17.7 Å². The van der Waals surface area contributed by atoms with Gasteiger partial charge >= 0.3 is 0 Å². The van der Waals surface area contributed by atoms with Crippen LogP contribution in [-0.2, 0) is 22.6 Å². The molecule has 31 heavy (non-hydrogen) atoms. The second kappa shape index (κ2) is 8.79. The highest BCUT2D eigenvalue weighted by atomic mass is 16.5. The van der Waals surface area contributed by atoms with Crippen molar-refractivity contribution < 1.29 is 19.1 Å². The molecule has 0 unspecified atom stereocenters. The summed E-state index contributed by atoms with van der Waals surface area (Å²) in [6, 6.07) is 12.2. The molecule has 1 atom stereocenters. The first-order valence-corrected chi connectivity index (χ1v) is 10.6. The topological polar surface area (TPSA) is 79.0 Å². The maximum atomic E-state index is 13.6. The average molecular weight is 421 g/mol. The van der Waals surface area contributed by atoms with E-state index < -0.39 is 6.04 Å². The monoisotopic (exact) mass is 421 g/mol. The summed E-state index contributed by atoms with van der Waals surface area (Å²) < 4.78 is 5.39. The number of likely N-dealkylation sites (tertiary alicyclic amines) is 1. The number of hydrogen-bond acceptors (Lipinski definition) is 4. The Hall–Kier alpha value is -3.35. The molecule has 7 nitrogen and oxygen atoms in total. The molecule has 0 aromatic heterocycles. The van der Waals surface area contributed by atoms with E-state index in [1.54, 1.807) is 23.1 Å². The fourth-order valence-electron chi connectivity index (χ4n) is 4.42. The first-order valence-electron chi connectivity index (χ1n) is 10.6. The van der Waals surface area contributed by atoms with Gasteiger partial charge in [0.05, 0.1) is 12.7 Å². The van der Waals surface area contributed by atoms with Crippen LogP contribution < -0.4 is 10.1 Å². The van der Waals surface area contributed by atoms with Crippen molar-refractivity contribution in [3.05, 3.63) is 59.2 Å². The number of rotatable bonds is 4. The molecule has 0 radical (unpaired) electrons. The summed E-state index contributed by atoms with van der Waals surface area (Å²) in [5, 5.41) is 2.79. The van der Waals surface area contributed by atoms with Crippen LogP contribution in [0.3, 0.4) is 0 Å². The number of amides is 3. The highest BCUT2D eigenvalue weighted by Gasteiger charge is 2.38. The molecule has 2 aromatic carbocycles. The third kappa shape index (κ3) is 4.26. The fourth-order valence-corrected chi connectivity index (χ4v) is 4.42. The number of carbonyl (C=O) groups excluding carboxylic acids is 3. The number of nitrogens with zero attached hydrogens (tertiary/aromatic N) is 2. The fraction of sp³-hybridized carbons (Fsp3) is 0.375. The zero-order chi connectivity index (χ0) is 22.0. The number of nitrogens with one attached hydrogen (secondary N) is 1. The summed E-state index contributed by atoms with van der Waals surface area (Å²) in [4.78, 5) is 41.9. The van der Waals surface area contributed by atoms with Crippen LogP contribution in [0.15, 0.2) is 42.5 Å². The summed E-state index contributed by atoms with van der Waals surface area (Å²) in [7, 11) is 1.53. The van der Waals surface area contributed by atoms with Gasteiger partial charge in [-0.3, -0.25) is 14.4 Å². The first-order chi connectivity index (χ1) is 15.0. The van der Waals surface area contributed by atoms with Crippen LogP contribution in [0.5, 0.6) is 5.75 Å². The molecule has 3 amide bonds. The number of methoxy groups -OCH3 is 1. The van der Waals surface area contributed by atoms with Gasteiger partial charge in [-0.15, -0.1) is 0 Å². The highest BCUT2D eigenvalue weighted by Crippen LogP contribution is 2.31. The second-order valence-electron chi connectivity index (χ2n) is 8.05. The molecular weight excluding hydrogens is 394 g/mol. The summed E-state index contributed by atoms with van der Waals surface area (Å²) in [6.45, 7) is 3.23. The van der Waals surface area contributed by atoms with E-state index in [0.29, 0.717) is 30.0 Å². The van der Waals surface area contributed by atoms with E-state index >= 15 is 0 Å². The molecule has 0 spiro atoms. The van der Waals surface area contributed by atoms with E-state index in [4.69, 9.17) is 4.74 Å². The minimum Gasteiger partial charge on any atom is -0.496 e. The van der Waals surface area contributed by atoms with Gasteiger partial charge in [0.25, 0.3) is 5.91 Å². The van der Waals surface area contributed by atoms with Crippen molar-refractivity contribution in [2.75, 3.05) is 25.5 Å². The predicted molar refractivity (Wildman–Crippen MR) is 117 cm³/mol. The normalized spacial score (nSPS) is 17.8. The molecule has 0 saturated carbocycles. The molecule has 4 rings (SSSR count). The van der Waals surface area contributed by atoms with Gasteiger partial charge in [-0.25, -0.2) is 0 Å². The predicted octanol–water partition coefficient (Wildman–Crippen LogP) is 2.84. The molecule has 2 aliphatic rings. The van der Waals surface area contributed by atoms with Crippen molar-refractivity contribution in [3.8, 4) is 5.75 Å². The molecule has 1 N–H and O–H groups in total. The van der Waals surface area contributed by atoms with E-state index in [2.05, 4.69) is 5.32 Å². The Kier molecular flexibility index (Phi) is 5.93. The Labute approximate surface area is 182 Å². The standard InChI is InChI=1S/C24H27N3O4/c1-16(28)25-19-10-9-17-14-21(24(30)26-11-5-6-12-26)27(15-18(17)13-19)23(29)20-7-3-4-8-22(20)31-2/h3-4,7-10,13,21H,5-6,11-12,14-15H2,1-2H3,(H,25,28)/t21-/m1/s1. The Morgan fingerprint density at radius 3 is 2.48 bits per heavy atom. The van der Waals surface area contributed by atoms with Crippen LogP contribution in [0.25, 0.3) is 0 Å². The van der Waals surface area contributed by atoms with Crippen LogP contribution >= 0.6 is 0 Å². The van der Waals surface area contributed by atoms with E-state index in [1.165, 1.54) is 14.0 Å². The largest absolute Gasteiger partial charge is 0.496 e. The lowest BCUT2D eigenvalue weighted by Crippen LogP contribution is -2.53. The number of benzene rings is 2. The minimum atomic E-state index is -0.561. The van der Waals surface area contributed by atoms with Crippen molar-refractivity contribution in [1.82, 2.24) is 9.80 Å². The van der Waals surface area contributed by atoms with Crippen LogP contribution in [0.1, 0.15) is 41.3 Å². The van der Waals surface area contributed by atoms with Gasteiger partial charge in [-0.2, -0.15) is 0 Å². The summed E-state index contributed by atoms with van der Waals surface area (Å²) >= 11 is 0. The van der Waals surface area contributed by atoms with Gasteiger partial charge in [0.2, 0.25) is 11.8 Å². The van der Waals surface area contributed by atoms with Gasteiger partial charge in [0.1, 0.15) is 11.8 Å². The van der Waals surface area contributed by atoms with Crippen molar-refractivity contribution >= 4 is 23.4 Å². The zero-order valence-electron chi connectivity index (χ0n) is 17.9. The van der Waals surface area contributed by atoms with Crippen molar-refractivity contribution in [2.24, 2.45) is 0 Å².